The van der Waals surface area contributed by atoms with Gasteiger partial charge in [0, 0.05) is 18.8 Å². The minimum absolute atomic E-state index is 0.139. The van der Waals surface area contributed by atoms with Gasteiger partial charge in [-0.1, -0.05) is 0 Å². The monoisotopic (exact) mass is 276 g/mol. The van der Waals surface area contributed by atoms with Gasteiger partial charge in [0.1, 0.15) is 6.54 Å². The van der Waals surface area contributed by atoms with Crippen LogP contribution in [0.5, 0.6) is 0 Å². The highest BCUT2D eigenvalue weighted by atomic mass is 16.5. The van der Waals surface area contributed by atoms with Crippen LogP contribution in [-0.4, -0.2) is 40.8 Å². The lowest BCUT2D eigenvalue weighted by Gasteiger charge is -2.13. The Kier molecular flexibility index (Phi) is 4.45. The van der Waals surface area contributed by atoms with Crippen molar-refractivity contribution in [3.8, 4) is 0 Å². The van der Waals surface area contributed by atoms with Crippen molar-refractivity contribution in [2.45, 2.75) is 19.8 Å². The Balaban J connectivity index is 2.00. The molecule has 0 radical (unpaired) electrons. The van der Waals surface area contributed by atoms with Gasteiger partial charge in [-0.25, -0.2) is 0 Å². The Morgan fingerprint density at radius 2 is 2.10 bits per heavy atom. The number of aromatic nitrogens is 1. The molecule has 1 aliphatic rings. The zero-order valence-electron chi connectivity index (χ0n) is 11.2. The van der Waals surface area contributed by atoms with Crippen molar-refractivity contribution in [1.82, 2.24) is 9.88 Å². The van der Waals surface area contributed by atoms with E-state index >= 15 is 0 Å². The van der Waals surface area contributed by atoms with Crippen molar-refractivity contribution < 1.29 is 19.1 Å². The molecule has 0 aliphatic carbocycles. The van der Waals surface area contributed by atoms with Gasteiger partial charge in [-0.2, -0.15) is 0 Å². The van der Waals surface area contributed by atoms with Crippen molar-refractivity contribution in [2.75, 3.05) is 13.2 Å². The van der Waals surface area contributed by atoms with E-state index in [0.717, 1.165) is 10.5 Å². The van der Waals surface area contributed by atoms with Crippen molar-refractivity contribution >= 4 is 17.8 Å². The predicted octanol–water partition coefficient (Wildman–Crippen LogP) is 0.562. The average molecular weight is 276 g/mol. The molecule has 1 aromatic heterocycles. The van der Waals surface area contributed by atoms with Crippen LogP contribution >= 0.6 is 0 Å². The lowest BCUT2D eigenvalue weighted by Crippen LogP contribution is -2.36. The molecule has 106 valence electrons. The van der Waals surface area contributed by atoms with E-state index in [4.69, 9.17) is 4.74 Å². The van der Waals surface area contributed by atoms with E-state index in [2.05, 4.69) is 4.98 Å². The molecule has 1 unspecified atom stereocenters. The quantitative estimate of drug-likeness (QED) is 0.580. The fourth-order valence-electron chi connectivity index (χ4n) is 2.22. The third-order valence-electron chi connectivity index (χ3n) is 3.16. The van der Waals surface area contributed by atoms with Crippen LogP contribution in [0, 0.1) is 5.92 Å². The summed E-state index contributed by atoms with van der Waals surface area (Å²) in [6.45, 7) is 1.62. The first-order valence-corrected chi connectivity index (χ1v) is 6.50. The van der Waals surface area contributed by atoms with Crippen LogP contribution in [0.2, 0.25) is 0 Å². The van der Waals surface area contributed by atoms with E-state index < -0.39 is 11.9 Å². The number of rotatable bonds is 5. The van der Waals surface area contributed by atoms with Crippen molar-refractivity contribution in [2.24, 2.45) is 5.92 Å². The highest BCUT2D eigenvalue weighted by molar-refractivity contribution is 6.05. The zero-order valence-corrected chi connectivity index (χ0v) is 11.2. The first kappa shape index (κ1) is 14.2. The number of hydrogen-bond donors (Lipinski definition) is 0. The number of imide groups is 1. The molecule has 0 bridgehead atoms. The van der Waals surface area contributed by atoms with Crippen molar-refractivity contribution in [3.05, 3.63) is 30.1 Å². The summed E-state index contributed by atoms with van der Waals surface area (Å²) in [6.07, 6.45) is 3.91. The highest BCUT2D eigenvalue weighted by Crippen LogP contribution is 2.23. The van der Waals surface area contributed by atoms with E-state index in [9.17, 15) is 14.4 Å². The van der Waals surface area contributed by atoms with Crippen molar-refractivity contribution in [3.63, 3.8) is 0 Å². The maximum Gasteiger partial charge on any atom is 0.326 e. The molecule has 20 heavy (non-hydrogen) atoms. The molecule has 1 fully saturated rings. The molecule has 0 N–H and O–H groups in total. The standard InChI is InChI=1S/C14H16N2O4/c1-2-20-13(18)9-16-12(17)8-11(14(16)19)7-10-3-5-15-6-4-10/h3-6,11H,2,7-9H2,1H3. The fraction of sp³-hybridized carbons (Fsp3) is 0.429. The van der Waals surface area contributed by atoms with Crippen LogP contribution in [-0.2, 0) is 25.5 Å². The van der Waals surface area contributed by atoms with Crippen molar-refractivity contribution in [1.29, 1.82) is 0 Å². The van der Waals surface area contributed by atoms with Crippen LogP contribution in [0.4, 0.5) is 0 Å². The Labute approximate surface area is 116 Å². The second-order valence-corrected chi connectivity index (χ2v) is 4.58. The van der Waals surface area contributed by atoms with E-state index in [0.29, 0.717) is 6.42 Å². The van der Waals surface area contributed by atoms with Crippen LogP contribution in [0.15, 0.2) is 24.5 Å². The maximum atomic E-state index is 12.1. The number of carbonyl (C=O) groups is 3. The number of ether oxygens (including phenoxy) is 1. The van der Waals surface area contributed by atoms with E-state index in [-0.39, 0.29) is 31.4 Å². The summed E-state index contributed by atoms with van der Waals surface area (Å²) in [6, 6.07) is 3.62. The highest BCUT2D eigenvalue weighted by Gasteiger charge is 2.39. The smallest absolute Gasteiger partial charge is 0.326 e. The van der Waals surface area contributed by atoms with Gasteiger partial charge in [0.05, 0.1) is 12.5 Å². The summed E-state index contributed by atoms with van der Waals surface area (Å²) >= 11 is 0. The zero-order chi connectivity index (χ0) is 14.5. The summed E-state index contributed by atoms with van der Waals surface area (Å²) in [5.41, 5.74) is 0.948. The second kappa shape index (κ2) is 6.27. The van der Waals surface area contributed by atoms with Crippen LogP contribution in [0.1, 0.15) is 18.9 Å². The van der Waals surface area contributed by atoms with E-state index in [1.54, 1.807) is 19.3 Å². The predicted molar refractivity (Wildman–Crippen MR) is 69.4 cm³/mol. The Morgan fingerprint density at radius 1 is 1.40 bits per heavy atom. The lowest BCUT2D eigenvalue weighted by atomic mass is 9.99. The molecular formula is C14H16N2O4. The molecule has 0 aromatic carbocycles. The molecule has 6 heteroatoms. The molecule has 1 saturated heterocycles. The lowest BCUT2D eigenvalue weighted by molar-refractivity contribution is -0.152. The van der Waals surface area contributed by atoms with Gasteiger partial charge in [-0.15, -0.1) is 0 Å². The summed E-state index contributed by atoms with van der Waals surface area (Å²) in [7, 11) is 0. The Morgan fingerprint density at radius 3 is 2.75 bits per heavy atom. The van der Waals surface area contributed by atoms with Gasteiger partial charge in [0.25, 0.3) is 0 Å². The number of amides is 2. The third-order valence-corrected chi connectivity index (χ3v) is 3.16. The molecule has 1 aliphatic heterocycles. The van der Waals surface area contributed by atoms with Crippen LogP contribution in [0.3, 0.4) is 0 Å². The fourth-order valence-corrected chi connectivity index (χ4v) is 2.22. The topological polar surface area (TPSA) is 76.6 Å². The van der Waals surface area contributed by atoms with Gasteiger partial charge >= 0.3 is 5.97 Å². The second-order valence-electron chi connectivity index (χ2n) is 4.58. The van der Waals surface area contributed by atoms with Gasteiger partial charge < -0.3 is 4.74 Å². The first-order chi connectivity index (χ1) is 9.61. The molecule has 1 aromatic rings. The Hall–Kier alpha value is -2.24. The first-order valence-electron chi connectivity index (χ1n) is 6.50. The summed E-state index contributed by atoms with van der Waals surface area (Å²) in [5, 5.41) is 0. The van der Waals surface area contributed by atoms with E-state index in [1.165, 1.54) is 0 Å². The summed E-state index contributed by atoms with van der Waals surface area (Å²) in [5.74, 6) is -1.58. The average Bonchev–Trinajstić information content (AvgIpc) is 2.68. The normalized spacial score (nSPS) is 18.4. The van der Waals surface area contributed by atoms with Gasteiger partial charge in [-0.05, 0) is 31.0 Å². The minimum atomic E-state index is -0.557. The maximum absolute atomic E-state index is 12.1. The van der Waals surface area contributed by atoms with Gasteiger partial charge in [-0.3, -0.25) is 24.3 Å². The molecule has 2 heterocycles. The largest absolute Gasteiger partial charge is 0.465 e. The summed E-state index contributed by atoms with van der Waals surface area (Å²) < 4.78 is 4.76. The number of pyridine rings is 1. The number of esters is 1. The SMILES string of the molecule is CCOC(=O)CN1C(=O)CC(Cc2ccncc2)C1=O. The Bertz CT molecular complexity index is 515. The number of nitrogens with zero attached hydrogens (tertiary/aromatic N) is 2. The number of hydrogen-bond acceptors (Lipinski definition) is 5. The van der Waals surface area contributed by atoms with Crippen LogP contribution in [0.25, 0.3) is 0 Å². The number of carbonyl (C=O) groups excluding carboxylic acids is 3. The minimum Gasteiger partial charge on any atom is -0.465 e. The van der Waals surface area contributed by atoms with Gasteiger partial charge in [0.2, 0.25) is 11.8 Å². The molecule has 1 atom stereocenters. The molecule has 0 saturated carbocycles. The molecule has 2 amide bonds. The molecule has 0 spiro atoms. The van der Waals surface area contributed by atoms with Gasteiger partial charge in [0.15, 0.2) is 0 Å². The third kappa shape index (κ3) is 3.20. The molecule has 2 rings (SSSR count). The molecule has 6 nitrogen and oxygen atoms in total. The van der Waals surface area contributed by atoms with E-state index in [1.807, 2.05) is 12.1 Å². The summed E-state index contributed by atoms with van der Waals surface area (Å²) in [4.78, 5) is 40.2. The number of likely N-dealkylation sites (tertiary alicyclic amines) is 1. The van der Waals surface area contributed by atoms with Crippen LogP contribution < -0.4 is 0 Å². The molecular weight excluding hydrogens is 260 g/mol.